The third kappa shape index (κ3) is 1.71. The first kappa shape index (κ1) is 9.39. The van der Waals surface area contributed by atoms with Gasteiger partial charge in [0, 0.05) is 18.0 Å². The van der Waals surface area contributed by atoms with E-state index in [1.165, 1.54) is 6.20 Å². The zero-order valence-corrected chi connectivity index (χ0v) is 8.06. The lowest BCUT2D eigenvalue weighted by Crippen LogP contribution is -2.05. The molecule has 2 rings (SSSR count). The van der Waals surface area contributed by atoms with E-state index in [1.807, 2.05) is 0 Å². The molecule has 0 amide bonds. The van der Waals surface area contributed by atoms with E-state index in [4.69, 9.17) is 5.11 Å². The highest BCUT2D eigenvalue weighted by atomic mass is 16.4. The minimum Gasteiger partial charge on any atom is -0.477 e. The average Bonchev–Trinajstić information content (AvgIpc) is 2.71. The monoisotopic (exact) mass is 203 g/mol. The van der Waals surface area contributed by atoms with Crippen molar-refractivity contribution in [2.45, 2.75) is 6.92 Å². The number of aromatic nitrogens is 3. The molecule has 2 N–H and O–H groups in total. The molecule has 0 spiro atoms. The van der Waals surface area contributed by atoms with Crippen LogP contribution in [0.5, 0.6) is 0 Å². The third-order valence-corrected chi connectivity index (χ3v) is 2.01. The number of rotatable bonds is 2. The highest BCUT2D eigenvalue weighted by molar-refractivity contribution is 5.87. The Labute approximate surface area is 85.8 Å². The van der Waals surface area contributed by atoms with Gasteiger partial charge in [-0.15, -0.1) is 0 Å². The van der Waals surface area contributed by atoms with Crippen molar-refractivity contribution in [3.8, 4) is 11.5 Å². The van der Waals surface area contributed by atoms with Gasteiger partial charge in [0.2, 0.25) is 0 Å². The van der Waals surface area contributed by atoms with Crippen LogP contribution in [0.4, 0.5) is 0 Å². The van der Waals surface area contributed by atoms with Gasteiger partial charge >= 0.3 is 5.97 Å². The molecule has 0 unspecified atom stereocenters. The van der Waals surface area contributed by atoms with Gasteiger partial charge in [0.05, 0.1) is 5.69 Å². The number of nitrogens with one attached hydrogen (secondary N) is 1. The summed E-state index contributed by atoms with van der Waals surface area (Å²) in [6.45, 7) is 1.67. The van der Waals surface area contributed by atoms with E-state index in [-0.39, 0.29) is 5.69 Å². The smallest absolute Gasteiger partial charge is 0.354 e. The number of carboxylic acids is 1. The van der Waals surface area contributed by atoms with Crippen molar-refractivity contribution in [1.29, 1.82) is 0 Å². The zero-order valence-electron chi connectivity index (χ0n) is 8.06. The Morgan fingerprint density at radius 2 is 2.33 bits per heavy atom. The quantitative estimate of drug-likeness (QED) is 0.774. The van der Waals surface area contributed by atoms with E-state index in [0.717, 1.165) is 0 Å². The molecule has 2 heterocycles. The fourth-order valence-corrected chi connectivity index (χ4v) is 1.26. The summed E-state index contributed by atoms with van der Waals surface area (Å²) >= 11 is 0. The Bertz CT molecular complexity index is 491. The predicted octanol–water partition coefficient (Wildman–Crippen LogP) is 1.48. The second-order valence-electron chi connectivity index (χ2n) is 3.11. The third-order valence-electron chi connectivity index (χ3n) is 2.01. The summed E-state index contributed by atoms with van der Waals surface area (Å²) < 4.78 is 0. The first-order valence-corrected chi connectivity index (χ1v) is 4.39. The number of hydrogen-bond acceptors (Lipinski definition) is 3. The van der Waals surface area contributed by atoms with Crippen molar-refractivity contribution in [1.82, 2.24) is 15.0 Å². The van der Waals surface area contributed by atoms with Crippen LogP contribution in [-0.4, -0.2) is 26.0 Å². The SMILES string of the molecule is Cc1cnc(-c2ccc[nH]2)nc1C(=O)O. The van der Waals surface area contributed by atoms with E-state index in [2.05, 4.69) is 15.0 Å². The van der Waals surface area contributed by atoms with Gasteiger partial charge in [-0.25, -0.2) is 14.8 Å². The topological polar surface area (TPSA) is 78.9 Å². The summed E-state index contributed by atoms with van der Waals surface area (Å²) in [6, 6.07) is 3.59. The van der Waals surface area contributed by atoms with Crippen molar-refractivity contribution in [2.75, 3.05) is 0 Å². The molecule has 0 aliphatic carbocycles. The Morgan fingerprint density at radius 3 is 2.93 bits per heavy atom. The van der Waals surface area contributed by atoms with Crippen LogP contribution in [0.3, 0.4) is 0 Å². The average molecular weight is 203 g/mol. The molecule has 2 aromatic rings. The number of aryl methyl sites for hydroxylation is 1. The first-order chi connectivity index (χ1) is 7.18. The van der Waals surface area contributed by atoms with Crippen molar-refractivity contribution in [3.63, 3.8) is 0 Å². The molecule has 0 atom stereocenters. The maximum atomic E-state index is 10.8. The fourth-order valence-electron chi connectivity index (χ4n) is 1.26. The lowest BCUT2D eigenvalue weighted by molar-refractivity contribution is 0.0689. The van der Waals surface area contributed by atoms with E-state index >= 15 is 0 Å². The van der Waals surface area contributed by atoms with Crippen molar-refractivity contribution < 1.29 is 9.90 Å². The summed E-state index contributed by atoms with van der Waals surface area (Å²) in [5, 5.41) is 8.89. The zero-order chi connectivity index (χ0) is 10.8. The van der Waals surface area contributed by atoms with Gasteiger partial charge in [0.1, 0.15) is 0 Å². The molecule has 0 aliphatic heterocycles. The lowest BCUT2D eigenvalue weighted by atomic mass is 10.2. The largest absolute Gasteiger partial charge is 0.477 e. The second-order valence-corrected chi connectivity index (χ2v) is 3.11. The van der Waals surface area contributed by atoms with Crippen LogP contribution in [0.2, 0.25) is 0 Å². The molecule has 0 aliphatic rings. The number of hydrogen-bond donors (Lipinski definition) is 2. The van der Waals surface area contributed by atoms with Gasteiger partial charge < -0.3 is 10.1 Å². The molecular weight excluding hydrogens is 194 g/mol. The van der Waals surface area contributed by atoms with Gasteiger partial charge in [-0.05, 0) is 19.1 Å². The lowest BCUT2D eigenvalue weighted by Gasteiger charge is -2.01. The van der Waals surface area contributed by atoms with Gasteiger partial charge in [0.15, 0.2) is 11.5 Å². The van der Waals surface area contributed by atoms with Crippen LogP contribution in [0.25, 0.3) is 11.5 Å². The Balaban J connectivity index is 2.52. The van der Waals surface area contributed by atoms with E-state index in [1.54, 1.807) is 25.3 Å². The number of carbonyl (C=O) groups is 1. The molecule has 0 aromatic carbocycles. The fraction of sp³-hybridized carbons (Fsp3) is 0.100. The molecule has 5 heteroatoms. The van der Waals surface area contributed by atoms with Crippen LogP contribution in [0, 0.1) is 6.92 Å². The van der Waals surface area contributed by atoms with E-state index in [9.17, 15) is 4.79 Å². The second kappa shape index (κ2) is 3.53. The highest BCUT2D eigenvalue weighted by Gasteiger charge is 2.11. The highest BCUT2D eigenvalue weighted by Crippen LogP contribution is 2.13. The maximum absolute atomic E-state index is 10.8. The molecule has 0 saturated carbocycles. The first-order valence-electron chi connectivity index (χ1n) is 4.39. The van der Waals surface area contributed by atoms with Gasteiger partial charge in [-0.2, -0.15) is 0 Å². The molecule has 0 fully saturated rings. The number of carboxylic acid groups (broad SMARTS) is 1. The minimum atomic E-state index is -1.04. The number of H-pyrrole nitrogens is 1. The Hall–Kier alpha value is -2.17. The van der Waals surface area contributed by atoms with Gasteiger partial charge in [-0.3, -0.25) is 0 Å². The molecule has 2 aromatic heterocycles. The van der Waals surface area contributed by atoms with Crippen LogP contribution in [-0.2, 0) is 0 Å². The maximum Gasteiger partial charge on any atom is 0.354 e. The van der Waals surface area contributed by atoms with Crippen LogP contribution in [0.1, 0.15) is 16.1 Å². The van der Waals surface area contributed by atoms with Crippen LogP contribution < -0.4 is 0 Å². The number of aromatic amines is 1. The van der Waals surface area contributed by atoms with Crippen molar-refractivity contribution in [2.24, 2.45) is 0 Å². The predicted molar refractivity (Wildman–Crippen MR) is 53.5 cm³/mol. The summed E-state index contributed by atoms with van der Waals surface area (Å²) in [6.07, 6.45) is 3.24. The number of nitrogens with zero attached hydrogens (tertiary/aromatic N) is 2. The number of aromatic carboxylic acids is 1. The van der Waals surface area contributed by atoms with Crippen LogP contribution >= 0.6 is 0 Å². The molecule has 76 valence electrons. The summed E-state index contributed by atoms with van der Waals surface area (Å²) in [5.41, 5.74) is 1.30. The van der Waals surface area contributed by atoms with Crippen molar-refractivity contribution in [3.05, 3.63) is 35.8 Å². The Kier molecular flexibility index (Phi) is 2.21. The van der Waals surface area contributed by atoms with Crippen molar-refractivity contribution >= 4 is 5.97 Å². The Morgan fingerprint density at radius 1 is 1.53 bits per heavy atom. The molecule has 0 radical (unpaired) electrons. The molecular formula is C10H9N3O2. The minimum absolute atomic E-state index is 0.0367. The normalized spacial score (nSPS) is 10.2. The molecule has 15 heavy (non-hydrogen) atoms. The molecule has 5 nitrogen and oxygen atoms in total. The standard InChI is InChI=1S/C10H9N3O2/c1-6-5-12-9(7-3-2-4-11-7)13-8(6)10(14)15/h2-5,11H,1H3,(H,14,15). The van der Waals surface area contributed by atoms with Crippen LogP contribution in [0.15, 0.2) is 24.5 Å². The van der Waals surface area contributed by atoms with Gasteiger partial charge in [-0.1, -0.05) is 0 Å². The summed E-state index contributed by atoms with van der Waals surface area (Å²) in [5.74, 6) is -0.647. The summed E-state index contributed by atoms with van der Waals surface area (Å²) in [7, 11) is 0. The van der Waals surface area contributed by atoms with Gasteiger partial charge in [0.25, 0.3) is 0 Å². The summed E-state index contributed by atoms with van der Waals surface area (Å²) in [4.78, 5) is 21.8. The molecule has 0 bridgehead atoms. The van der Waals surface area contributed by atoms with E-state index < -0.39 is 5.97 Å². The van der Waals surface area contributed by atoms with E-state index in [0.29, 0.717) is 17.1 Å². The molecule has 0 saturated heterocycles.